The Labute approximate surface area is 75.5 Å². The highest BCUT2D eigenvalue weighted by atomic mass is 35.5. The van der Waals surface area contributed by atoms with E-state index in [0.29, 0.717) is 16.5 Å². The lowest BCUT2D eigenvalue weighted by Crippen LogP contribution is -2.10. The fraction of sp³-hybridized carbons (Fsp3) is 0.429. The SMILES string of the molecule is CC(=O)Nc1c(Cl)c(C)nn1C. The number of aryl methyl sites for hydroxylation is 2. The number of hydrogen-bond donors (Lipinski definition) is 1. The summed E-state index contributed by atoms with van der Waals surface area (Å²) in [6.45, 7) is 3.21. The molecule has 1 aromatic heterocycles. The molecule has 0 spiro atoms. The lowest BCUT2D eigenvalue weighted by Gasteiger charge is -2.01. The van der Waals surface area contributed by atoms with Crippen LogP contribution in [0.15, 0.2) is 0 Å². The minimum atomic E-state index is -0.153. The number of carbonyl (C=O) groups excluding carboxylic acids is 1. The lowest BCUT2D eigenvalue weighted by atomic mass is 10.4. The third-order valence-corrected chi connectivity index (χ3v) is 1.90. The first-order chi connectivity index (χ1) is 5.52. The molecule has 0 unspecified atom stereocenters. The number of halogens is 1. The van der Waals surface area contributed by atoms with Gasteiger partial charge in [-0.2, -0.15) is 5.10 Å². The molecule has 0 saturated heterocycles. The molecular weight excluding hydrogens is 178 g/mol. The van der Waals surface area contributed by atoms with Crippen LogP contribution in [0.4, 0.5) is 5.82 Å². The third kappa shape index (κ3) is 1.58. The van der Waals surface area contributed by atoms with Crippen molar-refractivity contribution in [2.75, 3.05) is 5.32 Å². The van der Waals surface area contributed by atoms with Gasteiger partial charge in [-0.3, -0.25) is 9.48 Å². The fourth-order valence-corrected chi connectivity index (χ4v) is 1.14. The number of aromatic nitrogens is 2. The zero-order valence-corrected chi connectivity index (χ0v) is 7.94. The summed E-state index contributed by atoms with van der Waals surface area (Å²) in [6.07, 6.45) is 0. The summed E-state index contributed by atoms with van der Waals surface area (Å²) >= 11 is 5.86. The van der Waals surface area contributed by atoms with Crippen molar-refractivity contribution in [2.24, 2.45) is 7.05 Å². The van der Waals surface area contributed by atoms with Crippen LogP contribution < -0.4 is 5.32 Å². The van der Waals surface area contributed by atoms with Gasteiger partial charge in [-0.1, -0.05) is 11.6 Å². The van der Waals surface area contributed by atoms with Crippen LogP contribution in [0.3, 0.4) is 0 Å². The summed E-state index contributed by atoms with van der Waals surface area (Å²) in [5.74, 6) is 0.390. The molecule has 0 atom stereocenters. The molecule has 5 heteroatoms. The molecule has 12 heavy (non-hydrogen) atoms. The van der Waals surface area contributed by atoms with Gasteiger partial charge in [-0.05, 0) is 6.92 Å². The summed E-state index contributed by atoms with van der Waals surface area (Å²) in [7, 11) is 1.73. The zero-order valence-electron chi connectivity index (χ0n) is 7.18. The van der Waals surface area contributed by atoms with Gasteiger partial charge < -0.3 is 5.32 Å². The molecule has 1 rings (SSSR count). The van der Waals surface area contributed by atoms with Crippen LogP contribution in [0.25, 0.3) is 0 Å². The molecule has 1 heterocycles. The van der Waals surface area contributed by atoms with Gasteiger partial charge in [0.05, 0.1) is 5.69 Å². The number of amides is 1. The van der Waals surface area contributed by atoms with Crippen molar-refractivity contribution in [3.63, 3.8) is 0 Å². The molecule has 1 aromatic rings. The Hall–Kier alpha value is -1.03. The largest absolute Gasteiger partial charge is 0.310 e. The minimum absolute atomic E-state index is 0.153. The highest BCUT2D eigenvalue weighted by molar-refractivity contribution is 6.34. The van der Waals surface area contributed by atoms with Gasteiger partial charge in [0.1, 0.15) is 10.8 Å². The Morgan fingerprint density at radius 2 is 2.25 bits per heavy atom. The molecule has 0 bridgehead atoms. The lowest BCUT2D eigenvalue weighted by molar-refractivity contribution is -0.114. The third-order valence-electron chi connectivity index (χ3n) is 1.44. The molecule has 0 radical (unpaired) electrons. The monoisotopic (exact) mass is 187 g/mol. The van der Waals surface area contributed by atoms with E-state index >= 15 is 0 Å². The first-order valence-corrected chi connectivity index (χ1v) is 3.87. The molecular formula is C7H10ClN3O. The van der Waals surface area contributed by atoms with E-state index in [2.05, 4.69) is 10.4 Å². The van der Waals surface area contributed by atoms with Crippen molar-refractivity contribution >= 4 is 23.3 Å². The molecule has 1 amide bonds. The zero-order chi connectivity index (χ0) is 9.30. The normalized spacial score (nSPS) is 10.0. The molecule has 1 N–H and O–H groups in total. The maximum absolute atomic E-state index is 10.7. The van der Waals surface area contributed by atoms with Gasteiger partial charge in [0.15, 0.2) is 0 Å². The topological polar surface area (TPSA) is 46.9 Å². The van der Waals surface area contributed by atoms with Crippen molar-refractivity contribution in [1.29, 1.82) is 0 Å². The Balaban J connectivity index is 3.05. The van der Waals surface area contributed by atoms with Gasteiger partial charge in [0, 0.05) is 14.0 Å². The maximum atomic E-state index is 10.7. The second-order valence-corrected chi connectivity index (χ2v) is 2.93. The van der Waals surface area contributed by atoms with Gasteiger partial charge in [0.25, 0.3) is 0 Å². The fourth-order valence-electron chi connectivity index (χ4n) is 0.935. The molecule has 0 saturated carbocycles. The molecule has 4 nitrogen and oxygen atoms in total. The highest BCUT2D eigenvalue weighted by Crippen LogP contribution is 2.23. The van der Waals surface area contributed by atoms with E-state index in [1.165, 1.54) is 6.92 Å². The molecule has 0 aromatic carbocycles. The van der Waals surface area contributed by atoms with Gasteiger partial charge in [-0.15, -0.1) is 0 Å². The Kier molecular flexibility index (Phi) is 2.38. The van der Waals surface area contributed by atoms with Crippen LogP contribution in [0, 0.1) is 6.92 Å². The summed E-state index contributed by atoms with van der Waals surface area (Å²) in [5.41, 5.74) is 0.711. The second kappa shape index (κ2) is 3.15. The number of rotatable bonds is 1. The molecule has 66 valence electrons. The average Bonchev–Trinajstić information content (AvgIpc) is 2.16. The van der Waals surface area contributed by atoms with Gasteiger partial charge in [0.2, 0.25) is 5.91 Å². The Bertz CT molecular complexity index is 319. The number of carbonyl (C=O) groups is 1. The first kappa shape index (κ1) is 9.06. The summed E-state index contributed by atoms with van der Waals surface area (Å²) in [4.78, 5) is 10.7. The van der Waals surface area contributed by atoms with E-state index < -0.39 is 0 Å². The minimum Gasteiger partial charge on any atom is -0.310 e. The van der Waals surface area contributed by atoms with Crippen LogP contribution in [0.5, 0.6) is 0 Å². The number of nitrogens with one attached hydrogen (secondary N) is 1. The molecule has 0 fully saturated rings. The van der Waals surface area contributed by atoms with Crippen molar-refractivity contribution < 1.29 is 4.79 Å². The van der Waals surface area contributed by atoms with Gasteiger partial charge in [-0.25, -0.2) is 0 Å². The van der Waals surface area contributed by atoms with Crippen molar-refractivity contribution in [2.45, 2.75) is 13.8 Å². The van der Waals surface area contributed by atoms with Crippen molar-refractivity contribution in [1.82, 2.24) is 9.78 Å². The predicted octanol–water partition coefficient (Wildman–Crippen LogP) is 1.34. The molecule has 0 aliphatic heterocycles. The second-order valence-electron chi connectivity index (χ2n) is 2.55. The van der Waals surface area contributed by atoms with E-state index in [1.807, 2.05) is 0 Å². The van der Waals surface area contributed by atoms with E-state index in [9.17, 15) is 4.79 Å². The van der Waals surface area contributed by atoms with Crippen LogP contribution in [-0.4, -0.2) is 15.7 Å². The van der Waals surface area contributed by atoms with E-state index in [1.54, 1.807) is 18.7 Å². The van der Waals surface area contributed by atoms with E-state index in [0.717, 1.165) is 0 Å². The molecule has 0 aliphatic rings. The molecule has 0 aliphatic carbocycles. The predicted molar refractivity (Wildman–Crippen MR) is 47.3 cm³/mol. The summed E-state index contributed by atoms with van der Waals surface area (Å²) < 4.78 is 1.54. The highest BCUT2D eigenvalue weighted by Gasteiger charge is 2.11. The standard InChI is InChI=1S/C7H10ClN3O/c1-4-6(8)7(9-5(2)12)11(3)10-4/h1-3H3,(H,9,12). The summed E-state index contributed by atoms with van der Waals surface area (Å²) in [5, 5.41) is 7.12. The van der Waals surface area contributed by atoms with Crippen molar-refractivity contribution in [3.8, 4) is 0 Å². The van der Waals surface area contributed by atoms with Gasteiger partial charge >= 0.3 is 0 Å². The number of hydrogen-bond acceptors (Lipinski definition) is 2. The van der Waals surface area contributed by atoms with Crippen LogP contribution in [0.2, 0.25) is 5.02 Å². The van der Waals surface area contributed by atoms with Crippen LogP contribution >= 0.6 is 11.6 Å². The number of anilines is 1. The van der Waals surface area contributed by atoms with Crippen LogP contribution in [0.1, 0.15) is 12.6 Å². The smallest absolute Gasteiger partial charge is 0.222 e. The first-order valence-electron chi connectivity index (χ1n) is 3.49. The Morgan fingerprint density at radius 1 is 1.67 bits per heavy atom. The maximum Gasteiger partial charge on any atom is 0.222 e. The number of nitrogens with zero attached hydrogens (tertiary/aromatic N) is 2. The van der Waals surface area contributed by atoms with Crippen molar-refractivity contribution in [3.05, 3.63) is 10.7 Å². The van der Waals surface area contributed by atoms with E-state index in [-0.39, 0.29) is 5.91 Å². The van der Waals surface area contributed by atoms with E-state index in [4.69, 9.17) is 11.6 Å². The summed E-state index contributed by atoms with van der Waals surface area (Å²) in [6, 6.07) is 0. The Morgan fingerprint density at radius 3 is 2.58 bits per heavy atom. The average molecular weight is 188 g/mol. The van der Waals surface area contributed by atoms with Crippen LogP contribution in [-0.2, 0) is 11.8 Å². The quantitative estimate of drug-likeness (QED) is 0.721.